The Bertz CT molecular complexity index is 578. The van der Waals surface area contributed by atoms with Crippen LogP contribution in [0.15, 0.2) is 34.7 Å². The number of benzene rings is 1. The molecule has 2 rings (SSSR count). The largest absolute Gasteiger partial charge is 0.485 e. The number of halogens is 1. The van der Waals surface area contributed by atoms with Crippen molar-refractivity contribution in [2.75, 3.05) is 6.54 Å². The van der Waals surface area contributed by atoms with Crippen LogP contribution in [0.3, 0.4) is 0 Å². The molecule has 0 spiro atoms. The second-order valence-electron chi connectivity index (χ2n) is 5.59. The van der Waals surface area contributed by atoms with Crippen LogP contribution in [0.2, 0.25) is 5.02 Å². The molecule has 0 unspecified atom stereocenters. The molecule has 4 heteroatoms. The number of ether oxygens (including phenoxy) is 1. The second kappa shape index (κ2) is 7.53. The van der Waals surface area contributed by atoms with E-state index >= 15 is 0 Å². The Labute approximate surface area is 131 Å². The molecule has 0 atom stereocenters. The third kappa shape index (κ3) is 5.10. The van der Waals surface area contributed by atoms with Crippen LogP contribution in [-0.4, -0.2) is 6.54 Å². The highest BCUT2D eigenvalue weighted by molar-refractivity contribution is 6.30. The van der Waals surface area contributed by atoms with Gasteiger partial charge >= 0.3 is 0 Å². The molecular formula is C17H22ClNO2. The molecule has 114 valence electrons. The number of furan rings is 1. The zero-order valence-corrected chi connectivity index (χ0v) is 13.5. The van der Waals surface area contributed by atoms with Crippen molar-refractivity contribution >= 4 is 11.6 Å². The molecule has 1 heterocycles. The first-order chi connectivity index (χ1) is 10.0. The van der Waals surface area contributed by atoms with Crippen LogP contribution in [-0.2, 0) is 13.2 Å². The number of rotatable bonds is 7. The maximum atomic E-state index is 5.93. The number of hydrogen-bond donors (Lipinski definition) is 1. The minimum absolute atomic E-state index is 0.423. The van der Waals surface area contributed by atoms with Gasteiger partial charge in [0.05, 0.1) is 6.54 Å². The van der Waals surface area contributed by atoms with E-state index in [-0.39, 0.29) is 0 Å². The molecule has 0 saturated carbocycles. The van der Waals surface area contributed by atoms with Crippen molar-refractivity contribution in [3.63, 3.8) is 0 Å². The van der Waals surface area contributed by atoms with Crippen molar-refractivity contribution < 1.29 is 9.15 Å². The normalized spacial score (nSPS) is 11.1. The monoisotopic (exact) mass is 307 g/mol. The highest BCUT2D eigenvalue weighted by Crippen LogP contribution is 2.23. The minimum atomic E-state index is 0.423. The van der Waals surface area contributed by atoms with Crippen LogP contribution >= 0.6 is 11.6 Å². The van der Waals surface area contributed by atoms with E-state index < -0.39 is 0 Å². The molecule has 0 aliphatic carbocycles. The highest BCUT2D eigenvalue weighted by Gasteiger charge is 2.05. The van der Waals surface area contributed by atoms with Crippen LogP contribution in [0.4, 0.5) is 0 Å². The number of nitrogens with one attached hydrogen (secondary N) is 1. The molecule has 0 fully saturated rings. The van der Waals surface area contributed by atoms with Crippen molar-refractivity contribution in [3.05, 3.63) is 52.4 Å². The van der Waals surface area contributed by atoms with Gasteiger partial charge in [0, 0.05) is 5.02 Å². The summed E-state index contributed by atoms with van der Waals surface area (Å²) in [6.45, 7) is 8.50. The fourth-order valence-electron chi connectivity index (χ4n) is 2.00. The van der Waals surface area contributed by atoms with Crippen LogP contribution in [0.25, 0.3) is 0 Å². The summed E-state index contributed by atoms with van der Waals surface area (Å²) in [5.41, 5.74) is 1.02. The third-order valence-electron chi connectivity index (χ3n) is 3.08. The Morgan fingerprint density at radius 3 is 2.67 bits per heavy atom. The molecule has 1 aromatic heterocycles. The Morgan fingerprint density at radius 1 is 1.19 bits per heavy atom. The summed E-state index contributed by atoms with van der Waals surface area (Å²) < 4.78 is 11.5. The summed E-state index contributed by atoms with van der Waals surface area (Å²) >= 11 is 5.93. The first-order valence-corrected chi connectivity index (χ1v) is 7.59. The molecular weight excluding hydrogens is 286 g/mol. The number of hydrogen-bond acceptors (Lipinski definition) is 3. The van der Waals surface area contributed by atoms with Gasteiger partial charge in [0.15, 0.2) is 0 Å². The lowest BCUT2D eigenvalue weighted by Gasteiger charge is -2.08. The molecule has 0 bridgehead atoms. The Kier molecular flexibility index (Phi) is 5.71. The van der Waals surface area contributed by atoms with E-state index in [4.69, 9.17) is 20.8 Å². The van der Waals surface area contributed by atoms with E-state index in [2.05, 4.69) is 19.2 Å². The Morgan fingerprint density at radius 2 is 1.95 bits per heavy atom. The van der Waals surface area contributed by atoms with Gasteiger partial charge in [0.2, 0.25) is 0 Å². The van der Waals surface area contributed by atoms with Crippen LogP contribution in [0.1, 0.15) is 30.9 Å². The lowest BCUT2D eigenvalue weighted by atomic mass is 10.2. The smallest absolute Gasteiger partial charge is 0.146 e. The van der Waals surface area contributed by atoms with Crippen molar-refractivity contribution in [2.24, 2.45) is 5.92 Å². The Hall–Kier alpha value is -1.45. The topological polar surface area (TPSA) is 34.4 Å². The van der Waals surface area contributed by atoms with E-state index in [1.54, 1.807) is 0 Å². The molecule has 21 heavy (non-hydrogen) atoms. The van der Waals surface area contributed by atoms with Gasteiger partial charge in [-0.25, -0.2) is 0 Å². The van der Waals surface area contributed by atoms with E-state index in [1.807, 2.05) is 37.3 Å². The lowest BCUT2D eigenvalue weighted by molar-refractivity contribution is 0.263. The predicted molar refractivity (Wildman–Crippen MR) is 85.8 cm³/mol. The molecule has 0 amide bonds. The highest BCUT2D eigenvalue weighted by atomic mass is 35.5. The summed E-state index contributed by atoms with van der Waals surface area (Å²) in [4.78, 5) is 0. The van der Waals surface area contributed by atoms with Crippen LogP contribution in [0, 0.1) is 12.8 Å². The standard InChI is InChI=1S/C17H22ClNO2/c1-12(2)9-19-10-15-5-6-16(21-15)11-20-17-7-4-14(18)8-13(17)3/h4-8,12,19H,9-11H2,1-3H3. The molecule has 0 aliphatic rings. The van der Waals surface area contributed by atoms with Crippen LogP contribution < -0.4 is 10.1 Å². The average molecular weight is 308 g/mol. The van der Waals surface area contributed by atoms with Gasteiger partial charge < -0.3 is 14.5 Å². The maximum Gasteiger partial charge on any atom is 0.146 e. The van der Waals surface area contributed by atoms with Gasteiger partial charge in [-0.05, 0) is 55.3 Å². The van der Waals surface area contributed by atoms with E-state index in [0.717, 1.165) is 40.9 Å². The molecule has 0 aliphatic heterocycles. The molecule has 1 aromatic carbocycles. The minimum Gasteiger partial charge on any atom is -0.485 e. The average Bonchev–Trinajstić information content (AvgIpc) is 2.85. The number of aryl methyl sites for hydroxylation is 1. The summed E-state index contributed by atoms with van der Waals surface area (Å²) in [5.74, 6) is 3.22. The van der Waals surface area contributed by atoms with E-state index in [9.17, 15) is 0 Å². The molecule has 0 saturated heterocycles. The second-order valence-corrected chi connectivity index (χ2v) is 6.03. The predicted octanol–water partition coefficient (Wildman–Crippen LogP) is 4.57. The van der Waals surface area contributed by atoms with Crippen molar-refractivity contribution in [1.29, 1.82) is 0 Å². The first kappa shape index (κ1) is 15.9. The zero-order chi connectivity index (χ0) is 15.2. The van der Waals surface area contributed by atoms with Gasteiger partial charge in [-0.2, -0.15) is 0 Å². The summed E-state index contributed by atoms with van der Waals surface area (Å²) in [7, 11) is 0. The molecule has 2 aromatic rings. The van der Waals surface area contributed by atoms with Crippen LogP contribution in [0.5, 0.6) is 5.75 Å². The van der Waals surface area contributed by atoms with Crippen molar-refractivity contribution in [3.8, 4) is 5.75 Å². The van der Waals surface area contributed by atoms with E-state index in [0.29, 0.717) is 12.5 Å². The summed E-state index contributed by atoms with van der Waals surface area (Å²) in [5, 5.41) is 4.07. The van der Waals surface area contributed by atoms with Crippen molar-refractivity contribution in [2.45, 2.75) is 33.9 Å². The molecule has 1 N–H and O–H groups in total. The first-order valence-electron chi connectivity index (χ1n) is 7.22. The SMILES string of the molecule is Cc1cc(Cl)ccc1OCc1ccc(CNCC(C)C)o1. The van der Waals surface area contributed by atoms with Gasteiger partial charge in [0.1, 0.15) is 23.9 Å². The summed E-state index contributed by atoms with van der Waals surface area (Å²) in [6.07, 6.45) is 0. The van der Waals surface area contributed by atoms with Crippen molar-refractivity contribution in [1.82, 2.24) is 5.32 Å². The molecule has 0 radical (unpaired) electrons. The fraction of sp³-hybridized carbons (Fsp3) is 0.412. The van der Waals surface area contributed by atoms with Gasteiger partial charge in [-0.15, -0.1) is 0 Å². The lowest BCUT2D eigenvalue weighted by Crippen LogP contribution is -2.18. The van der Waals surface area contributed by atoms with Gasteiger partial charge in [-0.3, -0.25) is 0 Å². The summed E-state index contributed by atoms with van der Waals surface area (Å²) in [6, 6.07) is 9.54. The molecule has 3 nitrogen and oxygen atoms in total. The fourth-order valence-corrected chi connectivity index (χ4v) is 2.23. The van der Waals surface area contributed by atoms with Gasteiger partial charge in [-0.1, -0.05) is 25.4 Å². The Balaban J connectivity index is 1.85. The zero-order valence-electron chi connectivity index (χ0n) is 12.8. The third-order valence-corrected chi connectivity index (χ3v) is 3.31. The quantitative estimate of drug-likeness (QED) is 0.814. The van der Waals surface area contributed by atoms with E-state index in [1.165, 1.54) is 0 Å². The maximum absolute atomic E-state index is 5.93. The van der Waals surface area contributed by atoms with Gasteiger partial charge in [0.25, 0.3) is 0 Å².